The van der Waals surface area contributed by atoms with E-state index in [1.165, 1.54) is 64.9 Å². The van der Waals surface area contributed by atoms with Gasteiger partial charge in [0.05, 0.1) is 7.11 Å². The fourth-order valence-electron chi connectivity index (χ4n) is 4.65. The Labute approximate surface area is 198 Å². The highest BCUT2D eigenvalue weighted by Gasteiger charge is 2.34. The van der Waals surface area contributed by atoms with E-state index in [1.54, 1.807) is 0 Å². The van der Waals surface area contributed by atoms with Gasteiger partial charge in [0.2, 0.25) is 0 Å². The fraction of sp³-hybridized carbons (Fsp3) is 0.957. The van der Waals surface area contributed by atoms with Crippen molar-refractivity contribution in [1.29, 1.82) is 0 Å². The molecule has 0 radical (unpaired) electrons. The van der Waals surface area contributed by atoms with Crippen molar-refractivity contribution < 1.29 is 9.53 Å². The molecule has 29 heavy (non-hydrogen) atoms. The molecule has 6 heteroatoms. The second kappa shape index (κ2) is 17.4. The molecular weight excluding hydrogens is 437 g/mol. The Kier molecular flexibility index (Phi) is 16.8. The van der Waals surface area contributed by atoms with Gasteiger partial charge in [-0.3, -0.25) is 4.79 Å². The SMILES string of the molecule is COC(=O)CCCCC(SC)C(CCCCCCC1CCC(SC)C1SC)SC. The number of methoxy groups -OCH3 is 1. The summed E-state index contributed by atoms with van der Waals surface area (Å²) in [5, 5.41) is 3.26. The Morgan fingerprint density at radius 1 is 0.862 bits per heavy atom. The Bertz CT molecular complexity index is 422. The topological polar surface area (TPSA) is 26.3 Å². The molecular formula is C23H44O2S4. The van der Waals surface area contributed by atoms with E-state index in [0.717, 1.165) is 34.5 Å². The van der Waals surface area contributed by atoms with E-state index in [0.29, 0.717) is 11.7 Å². The van der Waals surface area contributed by atoms with Crippen LogP contribution in [0.2, 0.25) is 0 Å². The van der Waals surface area contributed by atoms with Gasteiger partial charge in [-0.05, 0) is 69.5 Å². The highest BCUT2D eigenvalue weighted by atomic mass is 32.2. The zero-order valence-corrected chi connectivity index (χ0v) is 22.6. The Morgan fingerprint density at radius 2 is 1.48 bits per heavy atom. The molecule has 0 amide bonds. The summed E-state index contributed by atoms with van der Waals surface area (Å²) >= 11 is 8.26. The second-order valence-corrected chi connectivity index (χ2v) is 12.4. The van der Waals surface area contributed by atoms with Gasteiger partial charge in [-0.25, -0.2) is 0 Å². The Balaban J connectivity index is 2.17. The maximum Gasteiger partial charge on any atom is 0.305 e. The molecule has 0 saturated heterocycles. The number of unbranched alkanes of at least 4 members (excludes halogenated alkanes) is 4. The molecule has 1 saturated carbocycles. The molecule has 5 unspecified atom stereocenters. The molecule has 1 aliphatic carbocycles. The number of ether oxygens (including phenoxy) is 1. The Morgan fingerprint density at radius 3 is 2.03 bits per heavy atom. The lowest BCUT2D eigenvalue weighted by atomic mass is 9.98. The number of hydrogen-bond donors (Lipinski definition) is 0. The molecule has 1 aliphatic rings. The Hall–Kier alpha value is 0.870. The third-order valence-electron chi connectivity index (χ3n) is 6.41. The van der Waals surface area contributed by atoms with Crippen LogP contribution in [-0.2, 0) is 9.53 Å². The fourth-order valence-corrected chi connectivity index (χ4v) is 9.63. The van der Waals surface area contributed by atoms with Crippen molar-refractivity contribution >= 4 is 53.0 Å². The summed E-state index contributed by atoms with van der Waals surface area (Å²) < 4.78 is 4.74. The standard InChI is InChI=1S/C23H44O2S4/c1-25-22(24)15-11-10-14-20(27-3)19(26-2)13-9-7-6-8-12-18-16-17-21(28-4)23(18)29-5/h18-21,23H,6-17H2,1-5H3. The number of carbonyl (C=O) groups excluding carboxylic acids is 1. The highest BCUT2D eigenvalue weighted by Crippen LogP contribution is 2.42. The molecule has 1 rings (SSSR count). The van der Waals surface area contributed by atoms with Crippen LogP contribution in [0.4, 0.5) is 0 Å². The van der Waals surface area contributed by atoms with E-state index in [-0.39, 0.29) is 5.97 Å². The van der Waals surface area contributed by atoms with Crippen LogP contribution in [0.5, 0.6) is 0 Å². The van der Waals surface area contributed by atoms with Crippen molar-refractivity contribution in [2.24, 2.45) is 5.92 Å². The highest BCUT2D eigenvalue weighted by molar-refractivity contribution is 8.03. The average molecular weight is 481 g/mol. The number of carbonyl (C=O) groups is 1. The van der Waals surface area contributed by atoms with Crippen LogP contribution in [0.15, 0.2) is 0 Å². The zero-order chi connectivity index (χ0) is 21.5. The number of thioether (sulfide) groups is 4. The molecule has 1 fully saturated rings. The minimum Gasteiger partial charge on any atom is -0.469 e. The van der Waals surface area contributed by atoms with Gasteiger partial charge in [0.1, 0.15) is 0 Å². The lowest BCUT2D eigenvalue weighted by Crippen LogP contribution is -2.20. The summed E-state index contributed by atoms with van der Waals surface area (Å²) in [5.41, 5.74) is 0. The predicted molar refractivity (Wildman–Crippen MR) is 140 cm³/mol. The maximum atomic E-state index is 11.3. The molecule has 0 aromatic heterocycles. The third kappa shape index (κ3) is 10.8. The van der Waals surface area contributed by atoms with Crippen molar-refractivity contribution in [3.05, 3.63) is 0 Å². The monoisotopic (exact) mass is 480 g/mol. The molecule has 0 aliphatic heterocycles. The molecule has 2 nitrogen and oxygen atoms in total. The van der Waals surface area contributed by atoms with Crippen molar-refractivity contribution in [2.75, 3.05) is 32.1 Å². The number of esters is 1. The molecule has 0 spiro atoms. The average Bonchev–Trinajstić information content (AvgIpc) is 3.15. The predicted octanol–water partition coefficient (Wildman–Crippen LogP) is 7.40. The van der Waals surface area contributed by atoms with Gasteiger partial charge in [0.25, 0.3) is 0 Å². The van der Waals surface area contributed by atoms with Crippen LogP contribution < -0.4 is 0 Å². The van der Waals surface area contributed by atoms with E-state index in [2.05, 4.69) is 48.5 Å². The van der Waals surface area contributed by atoms with Crippen LogP contribution in [0, 0.1) is 5.92 Å². The summed E-state index contributed by atoms with van der Waals surface area (Å²) in [6.07, 6.45) is 24.3. The van der Waals surface area contributed by atoms with E-state index in [4.69, 9.17) is 4.74 Å². The second-order valence-electron chi connectivity index (χ2n) is 8.17. The zero-order valence-electron chi connectivity index (χ0n) is 19.3. The van der Waals surface area contributed by atoms with Gasteiger partial charge in [-0.1, -0.05) is 32.1 Å². The normalized spacial score (nSPS) is 23.8. The summed E-state index contributed by atoms with van der Waals surface area (Å²) in [5.74, 6) is 0.893. The summed E-state index contributed by atoms with van der Waals surface area (Å²) in [6.45, 7) is 0. The van der Waals surface area contributed by atoms with E-state index < -0.39 is 0 Å². The number of rotatable bonds is 17. The quantitative estimate of drug-likeness (QED) is 0.159. The van der Waals surface area contributed by atoms with Crippen LogP contribution in [0.1, 0.15) is 77.0 Å². The van der Waals surface area contributed by atoms with Gasteiger partial charge >= 0.3 is 5.97 Å². The lowest BCUT2D eigenvalue weighted by Gasteiger charge is -2.24. The molecule has 5 atom stereocenters. The number of hydrogen-bond acceptors (Lipinski definition) is 6. The summed E-state index contributed by atoms with van der Waals surface area (Å²) in [4.78, 5) is 11.3. The molecule has 0 heterocycles. The maximum absolute atomic E-state index is 11.3. The van der Waals surface area contributed by atoms with Gasteiger partial charge < -0.3 is 4.74 Å². The van der Waals surface area contributed by atoms with E-state index in [9.17, 15) is 4.79 Å². The third-order valence-corrected chi connectivity index (χ3v) is 11.5. The first-order chi connectivity index (χ1) is 14.1. The van der Waals surface area contributed by atoms with Crippen LogP contribution in [-0.4, -0.2) is 59.1 Å². The molecule has 0 N–H and O–H groups in total. The summed E-state index contributed by atoms with van der Waals surface area (Å²) in [7, 11) is 1.48. The van der Waals surface area contributed by atoms with Crippen LogP contribution in [0.3, 0.4) is 0 Å². The smallest absolute Gasteiger partial charge is 0.305 e. The van der Waals surface area contributed by atoms with Crippen molar-refractivity contribution in [3.8, 4) is 0 Å². The van der Waals surface area contributed by atoms with Crippen molar-refractivity contribution in [3.63, 3.8) is 0 Å². The largest absolute Gasteiger partial charge is 0.469 e. The van der Waals surface area contributed by atoms with E-state index >= 15 is 0 Å². The first-order valence-electron chi connectivity index (χ1n) is 11.3. The molecule has 172 valence electrons. The molecule has 0 bridgehead atoms. The van der Waals surface area contributed by atoms with Gasteiger partial charge in [0, 0.05) is 27.4 Å². The van der Waals surface area contributed by atoms with Gasteiger partial charge in [0.15, 0.2) is 0 Å². The lowest BCUT2D eigenvalue weighted by molar-refractivity contribution is -0.140. The van der Waals surface area contributed by atoms with Gasteiger partial charge in [-0.15, -0.1) is 0 Å². The molecule has 0 aromatic carbocycles. The summed E-state index contributed by atoms with van der Waals surface area (Å²) in [6, 6.07) is 0. The van der Waals surface area contributed by atoms with Crippen LogP contribution in [0.25, 0.3) is 0 Å². The minimum absolute atomic E-state index is 0.0717. The van der Waals surface area contributed by atoms with Gasteiger partial charge in [-0.2, -0.15) is 47.0 Å². The molecule has 0 aromatic rings. The van der Waals surface area contributed by atoms with E-state index in [1.807, 2.05) is 23.5 Å². The first-order valence-corrected chi connectivity index (χ1v) is 16.4. The van der Waals surface area contributed by atoms with Crippen molar-refractivity contribution in [1.82, 2.24) is 0 Å². The van der Waals surface area contributed by atoms with Crippen molar-refractivity contribution in [2.45, 2.75) is 98.0 Å². The van der Waals surface area contributed by atoms with Crippen LogP contribution >= 0.6 is 47.0 Å². The first kappa shape index (κ1) is 27.9. The minimum atomic E-state index is -0.0717.